The molecule has 0 amide bonds. The molecule has 0 aliphatic carbocycles. The van der Waals surface area contributed by atoms with Crippen molar-refractivity contribution < 1.29 is 23.8 Å². The Morgan fingerprint density at radius 2 is 1.85 bits per heavy atom. The van der Waals surface area contributed by atoms with Crippen molar-refractivity contribution in [2.75, 3.05) is 14.2 Å². The van der Waals surface area contributed by atoms with Gasteiger partial charge in [0.15, 0.2) is 0 Å². The molecule has 0 aliphatic heterocycles. The third-order valence-corrected chi connectivity index (χ3v) is 4.18. The second-order valence-corrected chi connectivity index (χ2v) is 6.33. The number of esters is 1. The topological polar surface area (TPSA) is 61.8 Å². The van der Waals surface area contributed by atoms with Gasteiger partial charge in [0.1, 0.15) is 22.8 Å². The van der Waals surface area contributed by atoms with Crippen molar-refractivity contribution in [2.24, 2.45) is 0 Å². The highest BCUT2D eigenvalue weighted by Gasteiger charge is 2.22. The summed E-state index contributed by atoms with van der Waals surface area (Å²) in [6, 6.07) is 3.44. The van der Waals surface area contributed by atoms with Crippen molar-refractivity contribution >= 4 is 11.8 Å². The van der Waals surface area contributed by atoms with Crippen LogP contribution in [0.5, 0.6) is 11.5 Å². The van der Waals surface area contributed by atoms with Gasteiger partial charge in [-0.3, -0.25) is 4.79 Å². The molecule has 0 aliphatic rings. The molecule has 5 heteroatoms. The van der Waals surface area contributed by atoms with E-state index in [1.807, 2.05) is 6.92 Å². The first-order valence-corrected chi connectivity index (χ1v) is 9.16. The molecule has 1 aromatic rings. The van der Waals surface area contributed by atoms with Gasteiger partial charge in [-0.1, -0.05) is 12.2 Å². The molecule has 0 saturated heterocycles. The Kier molecular flexibility index (Phi) is 9.94. The Morgan fingerprint density at radius 3 is 2.44 bits per heavy atom. The summed E-state index contributed by atoms with van der Waals surface area (Å²) < 4.78 is 16.2. The highest BCUT2D eigenvalue weighted by atomic mass is 16.5. The van der Waals surface area contributed by atoms with E-state index in [4.69, 9.17) is 14.2 Å². The number of hydrogen-bond acceptors (Lipinski definition) is 5. The smallest absolute Gasteiger partial charge is 0.342 e. The first-order chi connectivity index (χ1) is 13.0. The van der Waals surface area contributed by atoms with Gasteiger partial charge in [-0.05, 0) is 44.2 Å². The van der Waals surface area contributed by atoms with E-state index in [2.05, 4.69) is 13.2 Å². The van der Waals surface area contributed by atoms with E-state index in [0.717, 1.165) is 5.56 Å². The predicted octanol–water partition coefficient (Wildman–Crippen LogP) is 4.68. The van der Waals surface area contributed by atoms with Gasteiger partial charge in [0.05, 0.1) is 20.3 Å². The molecule has 0 N–H and O–H groups in total. The fourth-order valence-electron chi connectivity index (χ4n) is 2.75. The van der Waals surface area contributed by atoms with E-state index < -0.39 is 5.97 Å². The largest absolute Gasteiger partial charge is 0.497 e. The molecular weight excluding hydrogens is 344 g/mol. The van der Waals surface area contributed by atoms with Crippen molar-refractivity contribution in [1.29, 1.82) is 0 Å². The van der Waals surface area contributed by atoms with Crippen LogP contribution in [-0.4, -0.2) is 32.1 Å². The summed E-state index contributed by atoms with van der Waals surface area (Å²) in [6.45, 7) is 9.18. The lowest BCUT2D eigenvalue weighted by atomic mass is 10.0. The lowest BCUT2D eigenvalue weighted by Gasteiger charge is -2.17. The predicted molar refractivity (Wildman–Crippen MR) is 107 cm³/mol. The summed E-state index contributed by atoms with van der Waals surface area (Å²) in [5.41, 5.74) is 1.12. The van der Waals surface area contributed by atoms with E-state index in [9.17, 15) is 9.59 Å². The maximum Gasteiger partial charge on any atom is 0.342 e. The van der Waals surface area contributed by atoms with Crippen LogP contribution in [0.25, 0.3) is 0 Å². The van der Waals surface area contributed by atoms with Crippen LogP contribution in [0, 0.1) is 0 Å². The summed E-state index contributed by atoms with van der Waals surface area (Å²) in [7, 11) is 3.06. The van der Waals surface area contributed by atoms with Crippen LogP contribution < -0.4 is 9.47 Å². The lowest BCUT2D eigenvalue weighted by Crippen LogP contribution is -2.18. The van der Waals surface area contributed by atoms with E-state index in [1.54, 1.807) is 31.4 Å². The molecule has 1 rings (SSSR count). The molecule has 27 heavy (non-hydrogen) atoms. The minimum atomic E-state index is -0.447. The van der Waals surface area contributed by atoms with Gasteiger partial charge in [-0.25, -0.2) is 4.79 Å². The molecule has 0 aromatic heterocycles. The zero-order valence-electron chi connectivity index (χ0n) is 16.6. The van der Waals surface area contributed by atoms with Crippen LogP contribution in [0.4, 0.5) is 0 Å². The standard InChI is InChI=1S/C22H30O5/c1-6-8-12-18(23)13-9-11-16(3)27-22(24)21-17(10-7-2)14-19(25-4)15-20(21)26-5/h6-7,14-16H,1-2,8-13H2,3-5H3/t16-/m0/s1. The van der Waals surface area contributed by atoms with Gasteiger partial charge in [0.25, 0.3) is 0 Å². The van der Waals surface area contributed by atoms with Crippen LogP contribution in [0.2, 0.25) is 0 Å². The van der Waals surface area contributed by atoms with Crippen molar-refractivity contribution in [3.8, 4) is 11.5 Å². The van der Waals surface area contributed by atoms with Crippen molar-refractivity contribution in [2.45, 2.75) is 51.6 Å². The van der Waals surface area contributed by atoms with Crippen molar-refractivity contribution in [3.05, 3.63) is 48.6 Å². The van der Waals surface area contributed by atoms with Crippen LogP contribution >= 0.6 is 0 Å². The number of benzene rings is 1. The normalized spacial score (nSPS) is 11.4. The van der Waals surface area contributed by atoms with Gasteiger partial charge in [0, 0.05) is 18.9 Å². The number of ether oxygens (including phenoxy) is 3. The van der Waals surface area contributed by atoms with E-state index in [0.29, 0.717) is 55.6 Å². The SMILES string of the molecule is C=CCCC(=O)CCC[C@H](C)OC(=O)c1c(CC=C)cc(OC)cc1OC. The molecule has 0 saturated carbocycles. The fraction of sp³-hybridized carbons (Fsp3) is 0.455. The van der Waals surface area contributed by atoms with Crippen LogP contribution in [0.15, 0.2) is 37.4 Å². The summed E-state index contributed by atoms with van der Waals surface area (Å²) >= 11 is 0. The quantitative estimate of drug-likeness (QED) is 0.370. The van der Waals surface area contributed by atoms with Gasteiger partial charge in [-0.2, -0.15) is 0 Å². The maximum atomic E-state index is 12.7. The number of rotatable bonds is 13. The molecule has 148 valence electrons. The number of ketones is 1. The summed E-state index contributed by atoms with van der Waals surface area (Å²) in [6.07, 6.45) is 6.67. The Balaban J connectivity index is 2.76. The van der Waals surface area contributed by atoms with Crippen LogP contribution in [0.1, 0.15) is 54.9 Å². The first kappa shape index (κ1) is 22.5. The average molecular weight is 374 g/mol. The molecular formula is C22H30O5. The zero-order valence-corrected chi connectivity index (χ0v) is 16.6. The lowest BCUT2D eigenvalue weighted by molar-refractivity contribution is -0.119. The third kappa shape index (κ3) is 7.29. The summed E-state index contributed by atoms with van der Waals surface area (Å²) in [4.78, 5) is 24.4. The number of methoxy groups -OCH3 is 2. The molecule has 0 unspecified atom stereocenters. The number of hydrogen-bond donors (Lipinski definition) is 0. The van der Waals surface area contributed by atoms with Gasteiger partial charge < -0.3 is 14.2 Å². The number of carbonyl (C=O) groups is 2. The number of allylic oxidation sites excluding steroid dienone is 2. The van der Waals surface area contributed by atoms with Crippen LogP contribution in [0.3, 0.4) is 0 Å². The Bertz CT molecular complexity index is 663. The monoisotopic (exact) mass is 374 g/mol. The van der Waals surface area contributed by atoms with Crippen molar-refractivity contribution in [1.82, 2.24) is 0 Å². The minimum Gasteiger partial charge on any atom is -0.497 e. The molecule has 0 bridgehead atoms. The minimum absolute atomic E-state index is 0.207. The molecule has 0 radical (unpaired) electrons. The Labute approximate surface area is 162 Å². The fourth-order valence-corrected chi connectivity index (χ4v) is 2.75. The second kappa shape index (κ2) is 11.9. The second-order valence-electron chi connectivity index (χ2n) is 6.33. The maximum absolute atomic E-state index is 12.7. The van der Waals surface area contributed by atoms with Crippen LogP contribution in [-0.2, 0) is 16.0 Å². The Morgan fingerprint density at radius 1 is 1.11 bits per heavy atom. The summed E-state index contributed by atoms with van der Waals surface area (Å²) in [5, 5.41) is 0. The number of carbonyl (C=O) groups excluding carboxylic acids is 2. The highest BCUT2D eigenvalue weighted by molar-refractivity contribution is 5.94. The molecule has 1 aromatic carbocycles. The molecule has 1 atom stereocenters. The van der Waals surface area contributed by atoms with Gasteiger partial charge >= 0.3 is 5.97 Å². The van der Waals surface area contributed by atoms with Crippen molar-refractivity contribution in [3.63, 3.8) is 0 Å². The third-order valence-electron chi connectivity index (χ3n) is 4.18. The van der Waals surface area contributed by atoms with Gasteiger partial charge in [0.2, 0.25) is 0 Å². The highest BCUT2D eigenvalue weighted by Crippen LogP contribution is 2.30. The molecule has 0 spiro atoms. The summed E-state index contributed by atoms with van der Waals surface area (Å²) in [5.74, 6) is 0.768. The Hall–Kier alpha value is -2.56. The average Bonchev–Trinajstić information content (AvgIpc) is 2.65. The first-order valence-electron chi connectivity index (χ1n) is 9.16. The molecule has 0 fully saturated rings. The van der Waals surface area contributed by atoms with E-state index >= 15 is 0 Å². The number of Topliss-reactive ketones (excluding diaryl/α,β-unsaturated/α-hetero) is 1. The van der Waals surface area contributed by atoms with E-state index in [-0.39, 0.29) is 11.9 Å². The molecule has 5 nitrogen and oxygen atoms in total. The zero-order chi connectivity index (χ0) is 20.2. The van der Waals surface area contributed by atoms with Gasteiger partial charge in [-0.15, -0.1) is 13.2 Å². The molecule has 0 heterocycles. The van der Waals surface area contributed by atoms with E-state index in [1.165, 1.54) is 7.11 Å².